The van der Waals surface area contributed by atoms with Crippen LogP contribution in [0.4, 0.5) is 5.95 Å². The van der Waals surface area contributed by atoms with Crippen LogP contribution in [-0.4, -0.2) is 40.0 Å². The second-order valence-corrected chi connectivity index (χ2v) is 5.11. The summed E-state index contributed by atoms with van der Waals surface area (Å²) in [4.78, 5) is 10.2. The smallest absolute Gasteiger partial charge is 0.200 e. The van der Waals surface area contributed by atoms with E-state index in [0.29, 0.717) is 6.04 Å². The van der Waals surface area contributed by atoms with Gasteiger partial charge in [0.1, 0.15) is 0 Å². The predicted octanol–water partition coefficient (Wildman–Crippen LogP) is 1.76. The number of H-pyrrole nitrogens is 1. The number of aromatic nitrogens is 2. The van der Waals surface area contributed by atoms with Crippen LogP contribution >= 0.6 is 0 Å². The van der Waals surface area contributed by atoms with Crippen molar-refractivity contribution in [2.45, 2.75) is 44.7 Å². The SMILES string of the molecule is Cc1cnc(NC2CCN3CCCC3C2)[nH]1. The van der Waals surface area contributed by atoms with Crippen LogP contribution in [0.25, 0.3) is 0 Å². The fraction of sp³-hybridized carbons (Fsp3) is 0.750. The van der Waals surface area contributed by atoms with E-state index in [1.165, 1.54) is 38.8 Å². The van der Waals surface area contributed by atoms with E-state index in [2.05, 4.69) is 20.2 Å². The summed E-state index contributed by atoms with van der Waals surface area (Å²) < 4.78 is 0. The van der Waals surface area contributed by atoms with Gasteiger partial charge in [-0.25, -0.2) is 4.98 Å². The van der Waals surface area contributed by atoms with E-state index < -0.39 is 0 Å². The van der Waals surface area contributed by atoms with Gasteiger partial charge in [0.25, 0.3) is 0 Å². The third-order valence-corrected chi connectivity index (χ3v) is 3.86. The van der Waals surface area contributed by atoms with Crippen LogP contribution in [0.1, 0.15) is 31.4 Å². The van der Waals surface area contributed by atoms with Crippen LogP contribution in [0, 0.1) is 6.92 Å². The van der Waals surface area contributed by atoms with E-state index in [0.717, 1.165) is 17.7 Å². The molecule has 1 aromatic rings. The van der Waals surface area contributed by atoms with Gasteiger partial charge >= 0.3 is 0 Å². The highest BCUT2D eigenvalue weighted by atomic mass is 15.2. The minimum absolute atomic E-state index is 0.602. The Bertz CT molecular complexity index is 360. The summed E-state index contributed by atoms with van der Waals surface area (Å²) in [6.07, 6.45) is 7.18. The first-order chi connectivity index (χ1) is 7.81. The van der Waals surface area contributed by atoms with Crippen LogP contribution < -0.4 is 5.32 Å². The molecule has 0 aromatic carbocycles. The molecule has 1 aromatic heterocycles. The number of rotatable bonds is 2. The highest BCUT2D eigenvalue weighted by Gasteiger charge is 2.31. The number of aryl methyl sites for hydroxylation is 1. The standard InChI is InChI=1S/C12H20N4/c1-9-8-13-12(14-9)15-10-4-6-16-5-2-3-11(16)7-10/h8,10-11H,2-7H2,1H3,(H2,13,14,15). The molecule has 3 rings (SSSR count). The molecule has 2 saturated heterocycles. The van der Waals surface area contributed by atoms with Crippen LogP contribution in [0.3, 0.4) is 0 Å². The molecule has 2 N–H and O–H groups in total. The molecule has 2 atom stereocenters. The van der Waals surface area contributed by atoms with Gasteiger partial charge in [-0.05, 0) is 39.2 Å². The van der Waals surface area contributed by atoms with Crippen molar-refractivity contribution in [3.63, 3.8) is 0 Å². The maximum Gasteiger partial charge on any atom is 0.200 e. The van der Waals surface area contributed by atoms with Crippen LogP contribution in [0.5, 0.6) is 0 Å². The number of hydrogen-bond donors (Lipinski definition) is 2. The Balaban J connectivity index is 1.60. The molecule has 88 valence electrons. The molecule has 2 unspecified atom stereocenters. The second kappa shape index (κ2) is 4.09. The summed E-state index contributed by atoms with van der Waals surface area (Å²) in [5.41, 5.74) is 1.13. The first kappa shape index (κ1) is 10.1. The van der Waals surface area contributed by atoms with Crippen molar-refractivity contribution in [1.29, 1.82) is 0 Å². The third kappa shape index (κ3) is 1.94. The summed E-state index contributed by atoms with van der Waals surface area (Å²) >= 11 is 0. The lowest BCUT2D eigenvalue weighted by Gasteiger charge is -2.35. The Kier molecular flexibility index (Phi) is 2.59. The zero-order valence-electron chi connectivity index (χ0n) is 9.87. The van der Waals surface area contributed by atoms with E-state index in [9.17, 15) is 0 Å². The van der Waals surface area contributed by atoms with E-state index in [1.54, 1.807) is 0 Å². The Hall–Kier alpha value is -1.03. The van der Waals surface area contributed by atoms with Gasteiger partial charge in [0.2, 0.25) is 5.95 Å². The highest BCUT2D eigenvalue weighted by molar-refractivity contribution is 5.27. The normalized spacial score (nSPS) is 30.3. The van der Waals surface area contributed by atoms with Gasteiger partial charge in [0.05, 0.1) is 0 Å². The molecule has 0 aliphatic carbocycles. The molecular formula is C12H20N4. The first-order valence-electron chi connectivity index (χ1n) is 6.33. The van der Waals surface area contributed by atoms with E-state index in [1.807, 2.05) is 13.1 Å². The molecule has 4 nitrogen and oxygen atoms in total. The van der Waals surface area contributed by atoms with Crippen molar-refractivity contribution < 1.29 is 0 Å². The summed E-state index contributed by atoms with van der Waals surface area (Å²) in [6.45, 7) is 4.61. The van der Waals surface area contributed by atoms with Crippen molar-refractivity contribution >= 4 is 5.95 Å². The van der Waals surface area contributed by atoms with E-state index in [-0.39, 0.29) is 0 Å². The maximum atomic E-state index is 4.32. The average Bonchev–Trinajstić information content (AvgIpc) is 2.87. The number of aromatic amines is 1. The summed E-state index contributed by atoms with van der Waals surface area (Å²) in [7, 11) is 0. The second-order valence-electron chi connectivity index (χ2n) is 5.11. The summed E-state index contributed by atoms with van der Waals surface area (Å²) in [5, 5.41) is 3.52. The minimum Gasteiger partial charge on any atom is -0.353 e. The van der Waals surface area contributed by atoms with E-state index >= 15 is 0 Å². The minimum atomic E-state index is 0.602. The number of piperidine rings is 1. The molecule has 0 saturated carbocycles. The number of fused-ring (bicyclic) bond motifs is 1. The van der Waals surface area contributed by atoms with E-state index in [4.69, 9.17) is 0 Å². The van der Waals surface area contributed by atoms with Gasteiger partial charge in [0.15, 0.2) is 0 Å². The zero-order valence-corrected chi connectivity index (χ0v) is 9.87. The predicted molar refractivity (Wildman–Crippen MR) is 64.6 cm³/mol. The van der Waals surface area contributed by atoms with Crippen molar-refractivity contribution in [1.82, 2.24) is 14.9 Å². The molecule has 2 aliphatic heterocycles. The largest absolute Gasteiger partial charge is 0.353 e. The van der Waals surface area contributed by atoms with Crippen molar-refractivity contribution in [2.75, 3.05) is 18.4 Å². The quantitative estimate of drug-likeness (QED) is 0.798. The zero-order chi connectivity index (χ0) is 11.0. The van der Waals surface area contributed by atoms with Gasteiger partial charge in [-0.3, -0.25) is 0 Å². The molecule has 4 heteroatoms. The summed E-state index contributed by atoms with van der Waals surface area (Å²) in [5.74, 6) is 0.939. The van der Waals surface area contributed by atoms with Gasteiger partial charge in [-0.1, -0.05) is 0 Å². The maximum absolute atomic E-state index is 4.32. The lowest BCUT2D eigenvalue weighted by molar-refractivity contribution is 0.188. The van der Waals surface area contributed by atoms with Gasteiger partial charge in [0, 0.05) is 30.5 Å². The van der Waals surface area contributed by atoms with Gasteiger partial charge < -0.3 is 15.2 Å². The molecule has 3 heterocycles. The molecular weight excluding hydrogens is 200 g/mol. The number of anilines is 1. The first-order valence-corrected chi connectivity index (χ1v) is 6.33. The van der Waals surface area contributed by atoms with Crippen LogP contribution in [0.15, 0.2) is 6.20 Å². The van der Waals surface area contributed by atoms with Gasteiger partial charge in [-0.2, -0.15) is 0 Å². The van der Waals surface area contributed by atoms with Crippen LogP contribution in [0.2, 0.25) is 0 Å². The summed E-state index contributed by atoms with van der Waals surface area (Å²) in [6, 6.07) is 1.42. The molecule has 0 radical (unpaired) electrons. The molecule has 16 heavy (non-hydrogen) atoms. The highest BCUT2D eigenvalue weighted by Crippen LogP contribution is 2.27. The average molecular weight is 220 g/mol. The number of hydrogen-bond acceptors (Lipinski definition) is 3. The number of nitrogens with zero attached hydrogens (tertiary/aromatic N) is 2. The molecule has 0 amide bonds. The van der Waals surface area contributed by atoms with Crippen molar-refractivity contribution in [2.24, 2.45) is 0 Å². The Morgan fingerprint density at radius 3 is 3.19 bits per heavy atom. The monoisotopic (exact) mass is 220 g/mol. The topological polar surface area (TPSA) is 44.0 Å². The molecule has 2 aliphatic rings. The van der Waals surface area contributed by atoms with Gasteiger partial charge in [-0.15, -0.1) is 0 Å². The Labute approximate surface area is 96.4 Å². The fourth-order valence-corrected chi connectivity index (χ4v) is 3.03. The molecule has 0 spiro atoms. The Morgan fingerprint density at radius 1 is 1.44 bits per heavy atom. The third-order valence-electron chi connectivity index (χ3n) is 3.86. The molecule has 0 bridgehead atoms. The van der Waals surface area contributed by atoms with Crippen LogP contribution in [-0.2, 0) is 0 Å². The fourth-order valence-electron chi connectivity index (χ4n) is 3.03. The lowest BCUT2D eigenvalue weighted by Crippen LogP contribution is -2.42. The lowest BCUT2D eigenvalue weighted by atomic mass is 9.98. The number of imidazole rings is 1. The molecule has 2 fully saturated rings. The Morgan fingerprint density at radius 2 is 2.38 bits per heavy atom. The van der Waals surface area contributed by atoms with Crippen molar-refractivity contribution in [3.8, 4) is 0 Å². The number of nitrogens with one attached hydrogen (secondary N) is 2. The van der Waals surface area contributed by atoms with Crippen molar-refractivity contribution in [3.05, 3.63) is 11.9 Å².